The summed E-state index contributed by atoms with van der Waals surface area (Å²) in [6.07, 6.45) is 5.37. The lowest BCUT2D eigenvalue weighted by atomic mass is 9.99. The largest absolute Gasteiger partial charge is 0.491 e. The molecule has 4 heteroatoms. The second-order valence-electron chi connectivity index (χ2n) is 6.24. The zero-order chi connectivity index (χ0) is 16.1. The first-order valence-electron chi connectivity index (χ1n) is 7.96. The van der Waals surface area contributed by atoms with E-state index in [9.17, 15) is 4.79 Å². The van der Waals surface area contributed by atoms with Gasteiger partial charge in [0.1, 0.15) is 5.75 Å². The van der Waals surface area contributed by atoms with E-state index in [2.05, 4.69) is 6.92 Å². The van der Waals surface area contributed by atoms with E-state index >= 15 is 0 Å². The van der Waals surface area contributed by atoms with Gasteiger partial charge in [-0.25, -0.2) is 0 Å². The molecule has 2 rings (SSSR count). The molecule has 0 aliphatic carbocycles. The molecule has 0 bridgehead atoms. The zero-order valence-electron chi connectivity index (χ0n) is 13.7. The predicted octanol–water partition coefficient (Wildman–Crippen LogP) is 2.83. The highest BCUT2D eigenvalue weighted by Gasteiger charge is 2.25. The van der Waals surface area contributed by atoms with Crippen LogP contribution in [-0.4, -0.2) is 35.5 Å². The van der Waals surface area contributed by atoms with Gasteiger partial charge in [-0.15, -0.1) is 0 Å². The van der Waals surface area contributed by atoms with Crippen LogP contribution in [0.15, 0.2) is 30.3 Å². The fraction of sp³-hybridized carbons (Fsp3) is 0.500. The molecule has 0 saturated carbocycles. The number of piperidine rings is 1. The molecule has 1 fully saturated rings. The van der Waals surface area contributed by atoms with Crippen molar-refractivity contribution in [2.45, 2.75) is 51.8 Å². The first-order chi connectivity index (χ1) is 10.5. The SMILES string of the molecule is CC(C)Oc1cccc(/C=C/C(=O)N2CCC(N)CC2C)c1. The van der Waals surface area contributed by atoms with Crippen LogP contribution in [-0.2, 0) is 4.79 Å². The minimum atomic E-state index is 0.0505. The van der Waals surface area contributed by atoms with Crippen LogP contribution in [0.1, 0.15) is 39.2 Å². The number of carbonyl (C=O) groups is 1. The Morgan fingerprint density at radius 1 is 1.45 bits per heavy atom. The average molecular weight is 302 g/mol. The number of nitrogens with zero attached hydrogens (tertiary/aromatic N) is 1. The fourth-order valence-corrected chi connectivity index (χ4v) is 2.76. The molecule has 0 radical (unpaired) electrons. The summed E-state index contributed by atoms with van der Waals surface area (Å²) in [6, 6.07) is 8.19. The van der Waals surface area contributed by atoms with E-state index in [4.69, 9.17) is 10.5 Å². The quantitative estimate of drug-likeness (QED) is 0.870. The molecular formula is C18H26N2O2. The number of likely N-dealkylation sites (tertiary alicyclic amines) is 1. The number of rotatable bonds is 4. The fourth-order valence-electron chi connectivity index (χ4n) is 2.76. The molecule has 0 aromatic heterocycles. The third kappa shape index (κ3) is 4.60. The number of ether oxygens (including phenoxy) is 1. The van der Waals surface area contributed by atoms with Crippen LogP contribution >= 0.6 is 0 Å². The minimum Gasteiger partial charge on any atom is -0.491 e. The van der Waals surface area contributed by atoms with Crippen LogP contribution < -0.4 is 10.5 Å². The van der Waals surface area contributed by atoms with Crippen molar-refractivity contribution < 1.29 is 9.53 Å². The molecule has 1 amide bonds. The van der Waals surface area contributed by atoms with E-state index in [0.29, 0.717) is 0 Å². The third-order valence-corrected chi connectivity index (χ3v) is 3.85. The van der Waals surface area contributed by atoms with Gasteiger partial charge in [-0.2, -0.15) is 0 Å². The molecule has 1 aliphatic rings. The molecule has 2 unspecified atom stereocenters. The van der Waals surface area contributed by atoms with Crippen LogP contribution in [0.4, 0.5) is 0 Å². The summed E-state index contributed by atoms with van der Waals surface area (Å²) < 4.78 is 5.66. The number of nitrogens with two attached hydrogens (primary N) is 1. The normalized spacial score (nSPS) is 22.3. The van der Waals surface area contributed by atoms with E-state index in [-0.39, 0.29) is 24.1 Å². The van der Waals surface area contributed by atoms with Gasteiger partial charge in [0.15, 0.2) is 0 Å². The van der Waals surface area contributed by atoms with Gasteiger partial charge in [-0.3, -0.25) is 4.79 Å². The Hall–Kier alpha value is -1.81. The van der Waals surface area contributed by atoms with E-state index < -0.39 is 0 Å². The molecule has 2 atom stereocenters. The second kappa shape index (κ2) is 7.45. The van der Waals surface area contributed by atoms with E-state index in [1.54, 1.807) is 6.08 Å². The number of hydrogen-bond acceptors (Lipinski definition) is 3. The topological polar surface area (TPSA) is 55.6 Å². The van der Waals surface area contributed by atoms with Gasteiger partial charge in [0.2, 0.25) is 5.91 Å². The predicted molar refractivity (Wildman–Crippen MR) is 89.6 cm³/mol. The van der Waals surface area contributed by atoms with Crippen LogP contribution in [0.2, 0.25) is 0 Å². The molecule has 1 heterocycles. The zero-order valence-corrected chi connectivity index (χ0v) is 13.7. The average Bonchev–Trinajstić information content (AvgIpc) is 2.44. The molecule has 2 N–H and O–H groups in total. The van der Waals surface area contributed by atoms with Gasteiger partial charge in [0.25, 0.3) is 0 Å². The maximum absolute atomic E-state index is 12.3. The van der Waals surface area contributed by atoms with Gasteiger partial charge in [0.05, 0.1) is 6.10 Å². The van der Waals surface area contributed by atoms with Crippen LogP contribution in [0, 0.1) is 0 Å². The maximum Gasteiger partial charge on any atom is 0.246 e. The summed E-state index contributed by atoms with van der Waals surface area (Å²) in [7, 11) is 0. The first kappa shape index (κ1) is 16.6. The van der Waals surface area contributed by atoms with Gasteiger partial charge in [-0.1, -0.05) is 12.1 Å². The Bertz CT molecular complexity index is 540. The van der Waals surface area contributed by atoms with Gasteiger partial charge in [-0.05, 0) is 57.4 Å². The molecule has 120 valence electrons. The lowest BCUT2D eigenvalue weighted by Crippen LogP contribution is -2.47. The van der Waals surface area contributed by atoms with E-state index in [0.717, 1.165) is 30.7 Å². The van der Waals surface area contributed by atoms with Crippen molar-refractivity contribution in [3.05, 3.63) is 35.9 Å². The lowest BCUT2D eigenvalue weighted by molar-refractivity contribution is -0.129. The molecule has 1 saturated heterocycles. The second-order valence-corrected chi connectivity index (χ2v) is 6.24. The number of benzene rings is 1. The van der Waals surface area contributed by atoms with Gasteiger partial charge < -0.3 is 15.4 Å². The highest BCUT2D eigenvalue weighted by Crippen LogP contribution is 2.18. The van der Waals surface area contributed by atoms with Crippen molar-refractivity contribution in [2.75, 3.05) is 6.54 Å². The van der Waals surface area contributed by atoms with Crippen molar-refractivity contribution in [3.8, 4) is 5.75 Å². The van der Waals surface area contributed by atoms with Gasteiger partial charge in [0, 0.05) is 24.7 Å². The molecule has 1 aromatic carbocycles. The molecule has 0 spiro atoms. The first-order valence-corrected chi connectivity index (χ1v) is 7.96. The summed E-state index contributed by atoms with van der Waals surface area (Å²) in [6.45, 7) is 6.78. The summed E-state index contributed by atoms with van der Waals surface area (Å²) in [4.78, 5) is 14.2. The van der Waals surface area contributed by atoms with E-state index in [1.165, 1.54) is 0 Å². The van der Waals surface area contributed by atoms with Crippen molar-refractivity contribution >= 4 is 12.0 Å². The Labute approximate surface area is 132 Å². The smallest absolute Gasteiger partial charge is 0.246 e. The Morgan fingerprint density at radius 2 is 2.23 bits per heavy atom. The highest BCUT2D eigenvalue weighted by atomic mass is 16.5. The summed E-state index contributed by atoms with van der Waals surface area (Å²) in [5.41, 5.74) is 6.90. The van der Waals surface area contributed by atoms with Crippen molar-refractivity contribution in [1.82, 2.24) is 4.90 Å². The van der Waals surface area contributed by atoms with Gasteiger partial charge >= 0.3 is 0 Å². The standard InChI is InChI=1S/C18H26N2O2/c1-13(2)22-17-6-4-5-15(12-17)7-8-18(21)20-10-9-16(19)11-14(20)3/h4-8,12-14,16H,9-11,19H2,1-3H3/b8-7+. The van der Waals surface area contributed by atoms with Crippen molar-refractivity contribution in [2.24, 2.45) is 5.73 Å². The molecule has 22 heavy (non-hydrogen) atoms. The molecule has 1 aromatic rings. The van der Waals surface area contributed by atoms with Crippen molar-refractivity contribution in [3.63, 3.8) is 0 Å². The molecule has 4 nitrogen and oxygen atoms in total. The molecular weight excluding hydrogens is 276 g/mol. The minimum absolute atomic E-state index is 0.0505. The summed E-state index contributed by atoms with van der Waals surface area (Å²) in [5.74, 6) is 0.872. The van der Waals surface area contributed by atoms with E-state index in [1.807, 2.05) is 49.1 Å². The number of carbonyl (C=O) groups excluding carboxylic acids is 1. The molecule has 1 aliphatic heterocycles. The van der Waals surface area contributed by atoms with Crippen LogP contribution in [0.25, 0.3) is 6.08 Å². The lowest BCUT2D eigenvalue weighted by Gasteiger charge is -2.35. The third-order valence-electron chi connectivity index (χ3n) is 3.85. The maximum atomic E-state index is 12.3. The monoisotopic (exact) mass is 302 g/mol. The summed E-state index contributed by atoms with van der Waals surface area (Å²) in [5, 5.41) is 0. The Balaban J connectivity index is 2.00. The van der Waals surface area contributed by atoms with Crippen LogP contribution in [0.5, 0.6) is 5.75 Å². The number of amides is 1. The number of hydrogen-bond donors (Lipinski definition) is 1. The Morgan fingerprint density at radius 3 is 2.91 bits per heavy atom. The van der Waals surface area contributed by atoms with Crippen molar-refractivity contribution in [1.29, 1.82) is 0 Å². The Kier molecular flexibility index (Phi) is 5.61. The van der Waals surface area contributed by atoms with Crippen LogP contribution in [0.3, 0.4) is 0 Å². The summed E-state index contributed by atoms with van der Waals surface area (Å²) >= 11 is 0. The highest BCUT2D eigenvalue weighted by molar-refractivity contribution is 5.92.